The van der Waals surface area contributed by atoms with E-state index in [0.717, 1.165) is 12.1 Å². The molecule has 112 valence electrons. The van der Waals surface area contributed by atoms with Crippen molar-refractivity contribution >= 4 is 23.2 Å². The van der Waals surface area contributed by atoms with Crippen molar-refractivity contribution in [2.75, 3.05) is 0 Å². The van der Waals surface area contributed by atoms with E-state index in [1.54, 1.807) is 18.2 Å². The Morgan fingerprint density at radius 2 is 1.48 bits per heavy atom. The third-order valence-corrected chi connectivity index (χ3v) is 3.79. The molecular weight excluding hydrogens is 324 g/mol. The minimum Gasteiger partial charge on any atom is -0.388 e. The number of alkyl halides is 3. The normalized spacial score (nSPS) is 13.2. The Balaban J connectivity index is 2.19. The quantitative estimate of drug-likeness (QED) is 0.808. The summed E-state index contributed by atoms with van der Waals surface area (Å²) >= 11 is 12.0. The van der Waals surface area contributed by atoms with Crippen LogP contribution in [0.4, 0.5) is 13.2 Å². The monoisotopic (exact) mass is 334 g/mol. The van der Waals surface area contributed by atoms with Crippen molar-refractivity contribution in [3.63, 3.8) is 0 Å². The lowest BCUT2D eigenvalue weighted by Crippen LogP contribution is -2.07. The van der Waals surface area contributed by atoms with E-state index in [4.69, 9.17) is 23.2 Å². The van der Waals surface area contributed by atoms with Crippen molar-refractivity contribution in [3.05, 3.63) is 69.2 Å². The molecule has 0 fully saturated rings. The maximum absolute atomic E-state index is 12.5. The van der Waals surface area contributed by atoms with Crippen LogP contribution in [0.5, 0.6) is 0 Å². The van der Waals surface area contributed by atoms with E-state index < -0.39 is 17.8 Å². The van der Waals surface area contributed by atoms with Crippen LogP contribution in [-0.4, -0.2) is 5.11 Å². The van der Waals surface area contributed by atoms with Crippen LogP contribution in [0.1, 0.15) is 22.8 Å². The highest BCUT2D eigenvalue weighted by atomic mass is 35.5. The zero-order valence-corrected chi connectivity index (χ0v) is 12.2. The van der Waals surface area contributed by atoms with Crippen molar-refractivity contribution in [2.45, 2.75) is 18.7 Å². The van der Waals surface area contributed by atoms with E-state index >= 15 is 0 Å². The molecule has 2 aromatic rings. The molecule has 0 amide bonds. The number of aliphatic hydroxyl groups is 1. The molecule has 0 saturated heterocycles. The zero-order valence-electron chi connectivity index (χ0n) is 10.7. The fourth-order valence-corrected chi connectivity index (χ4v) is 2.48. The Bertz CT molecular complexity index is 604. The lowest BCUT2D eigenvalue weighted by molar-refractivity contribution is -0.137. The van der Waals surface area contributed by atoms with Gasteiger partial charge >= 0.3 is 6.18 Å². The smallest absolute Gasteiger partial charge is 0.388 e. The molecule has 21 heavy (non-hydrogen) atoms. The third kappa shape index (κ3) is 3.90. The lowest BCUT2D eigenvalue weighted by atomic mass is 10.00. The minimum absolute atomic E-state index is 0.129. The van der Waals surface area contributed by atoms with Gasteiger partial charge in [0, 0.05) is 16.5 Å². The second kappa shape index (κ2) is 6.26. The molecule has 1 nitrogen and oxygen atoms in total. The summed E-state index contributed by atoms with van der Waals surface area (Å²) in [4.78, 5) is 0. The van der Waals surface area contributed by atoms with Gasteiger partial charge in [0.25, 0.3) is 0 Å². The average molecular weight is 335 g/mol. The maximum Gasteiger partial charge on any atom is 0.416 e. The molecule has 1 unspecified atom stereocenters. The van der Waals surface area contributed by atoms with Gasteiger partial charge in [-0.05, 0) is 35.4 Å². The summed E-state index contributed by atoms with van der Waals surface area (Å²) in [5.41, 5.74) is 0.182. The molecular formula is C15H11Cl2F3O. The summed E-state index contributed by atoms with van der Waals surface area (Å²) in [6.07, 6.45) is -5.25. The van der Waals surface area contributed by atoms with Crippen LogP contribution in [-0.2, 0) is 12.6 Å². The molecule has 0 aliphatic heterocycles. The molecule has 0 radical (unpaired) electrons. The molecule has 1 N–H and O–H groups in total. The second-order valence-corrected chi connectivity index (χ2v) is 5.35. The molecule has 6 heteroatoms. The average Bonchev–Trinajstić information content (AvgIpc) is 2.42. The molecule has 0 spiro atoms. The van der Waals surface area contributed by atoms with E-state index in [2.05, 4.69) is 0 Å². The summed E-state index contributed by atoms with van der Waals surface area (Å²) in [5.74, 6) is 0. The number of benzene rings is 2. The first-order valence-corrected chi connectivity index (χ1v) is 6.82. The number of halogens is 5. The van der Waals surface area contributed by atoms with Crippen LogP contribution >= 0.6 is 23.2 Å². The summed E-state index contributed by atoms with van der Waals surface area (Å²) in [6.45, 7) is 0. The van der Waals surface area contributed by atoms with Crippen LogP contribution in [0.25, 0.3) is 0 Å². The Kier molecular flexibility index (Phi) is 4.81. The predicted octanol–water partition coefficient (Wildman–Crippen LogP) is 5.29. The van der Waals surface area contributed by atoms with Crippen LogP contribution in [0.15, 0.2) is 42.5 Å². The van der Waals surface area contributed by atoms with Gasteiger partial charge in [-0.15, -0.1) is 0 Å². The van der Waals surface area contributed by atoms with Gasteiger partial charge in [-0.2, -0.15) is 13.2 Å². The molecule has 0 aromatic heterocycles. The number of hydrogen-bond donors (Lipinski definition) is 1. The molecule has 2 aromatic carbocycles. The van der Waals surface area contributed by atoms with Crippen LogP contribution in [0.3, 0.4) is 0 Å². The molecule has 0 bridgehead atoms. The van der Waals surface area contributed by atoms with E-state index in [9.17, 15) is 18.3 Å². The van der Waals surface area contributed by atoms with Crippen molar-refractivity contribution in [1.82, 2.24) is 0 Å². The fourth-order valence-electron chi connectivity index (χ4n) is 1.93. The first kappa shape index (κ1) is 16.1. The van der Waals surface area contributed by atoms with Crippen LogP contribution in [0.2, 0.25) is 10.0 Å². The van der Waals surface area contributed by atoms with Crippen LogP contribution < -0.4 is 0 Å². The van der Waals surface area contributed by atoms with Gasteiger partial charge in [-0.25, -0.2) is 0 Å². The summed E-state index contributed by atoms with van der Waals surface area (Å²) in [7, 11) is 0. The molecule has 0 heterocycles. The topological polar surface area (TPSA) is 20.2 Å². The van der Waals surface area contributed by atoms with Gasteiger partial charge < -0.3 is 5.11 Å². The summed E-state index contributed by atoms with van der Waals surface area (Å²) in [5, 5.41) is 10.9. The first-order chi connectivity index (χ1) is 9.79. The zero-order chi connectivity index (χ0) is 15.6. The van der Waals surface area contributed by atoms with Crippen molar-refractivity contribution < 1.29 is 18.3 Å². The Hall–Kier alpha value is -1.23. The SMILES string of the molecule is OC(Cc1c(Cl)cccc1Cl)c1ccc(C(F)(F)F)cc1. The Morgan fingerprint density at radius 3 is 1.95 bits per heavy atom. The Labute approximate surface area is 129 Å². The van der Waals surface area contributed by atoms with Crippen molar-refractivity contribution in [1.29, 1.82) is 0 Å². The van der Waals surface area contributed by atoms with Gasteiger partial charge in [0.15, 0.2) is 0 Å². The van der Waals surface area contributed by atoms with Crippen molar-refractivity contribution in [2.24, 2.45) is 0 Å². The maximum atomic E-state index is 12.5. The largest absolute Gasteiger partial charge is 0.416 e. The lowest BCUT2D eigenvalue weighted by Gasteiger charge is -2.14. The first-order valence-electron chi connectivity index (χ1n) is 6.07. The molecule has 0 aliphatic rings. The van der Waals surface area contributed by atoms with E-state index in [1.807, 2.05) is 0 Å². The number of rotatable bonds is 3. The molecule has 1 atom stereocenters. The fraction of sp³-hybridized carbons (Fsp3) is 0.200. The van der Waals surface area contributed by atoms with Gasteiger partial charge in [-0.3, -0.25) is 0 Å². The molecule has 2 rings (SSSR count). The van der Waals surface area contributed by atoms with Crippen LogP contribution in [0, 0.1) is 0 Å². The molecule has 0 saturated carbocycles. The van der Waals surface area contributed by atoms with Gasteiger partial charge in [-0.1, -0.05) is 41.4 Å². The minimum atomic E-state index is -4.39. The van der Waals surface area contributed by atoms with E-state index in [1.165, 1.54) is 12.1 Å². The second-order valence-electron chi connectivity index (χ2n) is 4.54. The van der Waals surface area contributed by atoms with Gasteiger partial charge in [0.1, 0.15) is 0 Å². The van der Waals surface area contributed by atoms with E-state index in [0.29, 0.717) is 21.2 Å². The van der Waals surface area contributed by atoms with E-state index in [-0.39, 0.29) is 6.42 Å². The number of aliphatic hydroxyl groups excluding tert-OH is 1. The van der Waals surface area contributed by atoms with Gasteiger partial charge in [0.05, 0.1) is 11.7 Å². The highest BCUT2D eigenvalue weighted by Gasteiger charge is 2.30. The predicted molar refractivity (Wildman–Crippen MR) is 76.6 cm³/mol. The standard InChI is InChI=1S/C15H11Cl2F3O/c16-12-2-1-3-13(17)11(12)8-14(21)9-4-6-10(7-5-9)15(18,19)20/h1-7,14,21H,8H2. The third-order valence-electron chi connectivity index (χ3n) is 3.08. The van der Waals surface area contributed by atoms with Gasteiger partial charge in [0.2, 0.25) is 0 Å². The Morgan fingerprint density at radius 1 is 0.952 bits per heavy atom. The highest BCUT2D eigenvalue weighted by molar-refractivity contribution is 6.36. The highest BCUT2D eigenvalue weighted by Crippen LogP contribution is 2.32. The summed E-state index contributed by atoms with van der Waals surface area (Å²) < 4.78 is 37.4. The summed E-state index contributed by atoms with van der Waals surface area (Å²) in [6, 6.07) is 9.33. The van der Waals surface area contributed by atoms with Crippen molar-refractivity contribution in [3.8, 4) is 0 Å². The number of hydrogen-bond acceptors (Lipinski definition) is 1. The molecule has 0 aliphatic carbocycles.